The minimum Gasteiger partial charge on any atom is -0.481 e. The number of carboxylic acids is 4. The van der Waals surface area contributed by atoms with E-state index >= 15 is 0 Å². The van der Waals surface area contributed by atoms with Crippen molar-refractivity contribution in [2.45, 2.75) is 64.5 Å². The van der Waals surface area contributed by atoms with Gasteiger partial charge in [-0.25, -0.2) is 14.8 Å². The van der Waals surface area contributed by atoms with Crippen LogP contribution in [-0.2, 0) is 25.7 Å². The van der Waals surface area contributed by atoms with Crippen LogP contribution in [-0.4, -0.2) is 89.0 Å². The molecule has 2 heterocycles. The number of para-hydroxylation sites is 1. The number of carbonyl (C=O) groups excluding carboxylic acids is 1. The van der Waals surface area contributed by atoms with Crippen LogP contribution in [0.2, 0.25) is 0 Å². The number of carboxylic acid groups (broad SMARTS) is 4. The maximum absolute atomic E-state index is 11.8. The van der Waals surface area contributed by atoms with E-state index in [0.717, 1.165) is 35.2 Å². The van der Waals surface area contributed by atoms with Gasteiger partial charge in [-0.2, -0.15) is 0 Å². The number of aliphatic hydroxyl groups is 1. The van der Waals surface area contributed by atoms with E-state index < -0.39 is 48.2 Å². The summed E-state index contributed by atoms with van der Waals surface area (Å²) in [5.41, 5.74) is 5.41. The predicted octanol–water partition coefficient (Wildman–Crippen LogP) is 1.61. The van der Waals surface area contributed by atoms with Crippen LogP contribution < -0.4 is 11.1 Å². The average molecular weight is 592 g/mol. The lowest BCUT2D eigenvalue weighted by Crippen LogP contribution is -2.42. The Bertz CT molecular complexity index is 1400. The van der Waals surface area contributed by atoms with Gasteiger partial charge in [-0.05, 0) is 26.5 Å². The summed E-state index contributed by atoms with van der Waals surface area (Å²) in [6, 6.07) is 7.84. The third-order valence-corrected chi connectivity index (χ3v) is 5.86. The molecule has 0 aliphatic rings. The Kier molecular flexibility index (Phi) is 14.0. The molecule has 1 amide bonds. The highest BCUT2D eigenvalue weighted by Crippen LogP contribution is 2.27. The number of likely N-dealkylation sites (N-methyl/N-ethyl adjacent to an activating group) is 1. The molecule has 0 saturated heterocycles. The molecule has 2 aromatic heterocycles. The molecule has 0 unspecified atom stereocenters. The van der Waals surface area contributed by atoms with E-state index in [9.17, 15) is 24.0 Å². The Morgan fingerprint density at radius 1 is 0.929 bits per heavy atom. The Morgan fingerprint density at radius 2 is 1.52 bits per heavy atom. The quantitative estimate of drug-likeness (QED) is 0.140. The molecule has 0 aliphatic heterocycles. The van der Waals surface area contributed by atoms with Crippen LogP contribution in [0.15, 0.2) is 24.3 Å². The molecule has 3 rings (SSSR count). The first-order valence-corrected chi connectivity index (χ1v) is 13.0. The maximum Gasteiger partial charge on any atom is 0.336 e. The maximum atomic E-state index is 11.8. The van der Waals surface area contributed by atoms with E-state index in [1.807, 2.05) is 31.2 Å². The first-order chi connectivity index (χ1) is 19.7. The number of aromatic nitrogens is 3. The summed E-state index contributed by atoms with van der Waals surface area (Å²) in [5.74, 6) is -5.47. The number of benzene rings is 1. The van der Waals surface area contributed by atoms with Gasteiger partial charge in [0.25, 0.3) is 5.91 Å². The van der Waals surface area contributed by atoms with Crippen molar-refractivity contribution < 1.29 is 49.5 Å². The summed E-state index contributed by atoms with van der Waals surface area (Å²) in [6.07, 6.45) is 2.45. The fraction of sp³-hybridized carbons (Fsp3) is 0.444. The number of carbonyl (C=O) groups is 5. The topological polar surface area (TPSA) is 255 Å². The predicted molar refractivity (Wildman–Crippen MR) is 151 cm³/mol. The van der Waals surface area contributed by atoms with E-state index in [1.165, 1.54) is 19.3 Å². The molecule has 15 heteroatoms. The van der Waals surface area contributed by atoms with Crippen LogP contribution in [0.4, 0.5) is 0 Å². The number of unbranched alkanes of at least 4 members (excludes halogenated alkanes) is 3. The van der Waals surface area contributed by atoms with Crippen molar-refractivity contribution in [3.8, 4) is 0 Å². The average Bonchev–Trinajstić information content (AvgIpc) is 3.21. The van der Waals surface area contributed by atoms with Crippen molar-refractivity contribution in [1.29, 1.82) is 0 Å². The number of hydrogen-bond acceptors (Lipinski definition) is 9. The van der Waals surface area contributed by atoms with Gasteiger partial charge in [-0.3, -0.25) is 19.2 Å². The standard InChI is InChI=1S/C18H22N4O.C6H8O7.C3H7NO2/c1-3-4-5-8-11-22-12(2)20-15-16(18(19)23)21-14-10-7-6-9-13(14)17(15)22;7-3(8)1-6(13,5(11)12)2-4(9)10;1-4-2-3(5)6/h6-7,9-10H,3-5,8,11H2,1-2H3,(H2,19,23);13H,1-2H2,(H,7,8)(H,9,10)(H,11,12);4H,2H2,1H3,(H,5,6). The lowest BCUT2D eigenvalue weighted by molar-refractivity contribution is -0.170. The third-order valence-electron chi connectivity index (χ3n) is 5.86. The Morgan fingerprint density at radius 3 is 1.98 bits per heavy atom. The van der Waals surface area contributed by atoms with Crippen LogP contribution in [0.5, 0.6) is 0 Å². The normalized spacial score (nSPS) is 10.8. The number of aryl methyl sites for hydroxylation is 2. The zero-order chi connectivity index (χ0) is 32.0. The number of imidazole rings is 1. The minimum atomic E-state index is -2.74. The molecule has 0 fully saturated rings. The Hall–Kier alpha value is -4.63. The van der Waals surface area contributed by atoms with Crippen molar-refractivity contribution in [2.75, 3.05) is 13.6 Å². The fourth-order valence-corrected chi connectivity index (χ4v) is 3.95. The second-order valence-corrected chi connectivity index (χ2v) is 9.31. The van der Waals surface area contributed by atoms with Crippen LogP contribution >= 0.6 is 0 Å². The molecule has 0 spiro atoms. The number of fused-ring (bicyclic) bond motifs is 3. The first kappa shape index (κ1) is 35.4. The van der Waals surface area contributed by atoms with E-state index in [2.05, 4.69) is 26.8 Å². The monoisotopic (exact) mass is 591 g/mol. The van der Waals surface area contributed by atoms with Gasteiger partial charge in [0, 0.05) is 11.9 Å². The van der Waals surface area contributed by atoms with Crippen LogP contribution in [0.1, 0.15) is 61.8 Å². The molecule has 42 heavy (non-hydrogen) atoms. The Labute approximate surface area is 241 Å². The van der Waals surface area contributed by atoms with Crippen molar-refractivity contribution >= 4 is 51.7 Å². The van der Waals surface area contributed by atoms with E-state index in [1.54, 1.807) is 7.05 Å². The highest BCUT2D eigenvalue weighted by Gasteiger charge is 2.40. The molecule has 0 bridgehead atoms. The summed E-state index contributed by atoms with van der Waals surface area (Å²) in [5, 5.41) is 45.1. The number of hydrogen-bond donors (Lipinski definition) is 7. The van der Waals surface area contributed by atoms with Crippen molar-refractivity contribution in [3.05, 3.63) is 35.8 Å². The summed E-state index contributed by atoms with van der Waals surface area (Å²) in [4.78, 5) is 60.8. The molecule has 0 saturated carbocycles. The van der Waals surface area contributed by atoms with E-state index in [-0.39, 0.29) is 12.2 Å². The zero-order valence-corrected chi connectivity index (χ0v) is 23.7. The van der Waals surface area contributed by atoms with E-state index in [0.29, 0.717) is 5.52 Å². The number of nitrogens with zero attached hydrogens (tertiary/aromatic N) is 3. The molecule has 230 valence electrons. The number of primary amides is 1. The molecule has 0 radical (unpaired) electrons. The van der Waals surface area contributed by atoms with Gasteiger partial charge in [0.1, 0.15) is 11.3 Å². The molecular formula is C27H37N5O10. The van der Waals surface area contributed by atoms with Gasteiger partial charge in [-0.15, -0.1) is 0 Å². The second kappa shape index (κ2) is 16.6. The molecule has 0 atom stereocenters. The van der Waals surface area contributed by atoms with Crippen LogP contribution in [0.25, 0.3) is 21.9 Å². The second-order valence-electron chi connectivity index (χ2n) is 9.31. The molecule has 8 N–H and O–H groups in total. The number of amides is 1. The fourth-order valence-electron chi connectivity index (χ4n) is 3.95. The zero-order valence-electron chi connectivity index (χ0n) is 23.7. The summed E-state index contributed by atoms with van der Waals surface area (Å²) < 4.78 is 2.20. The molecule has 1 aromatic carbocycles. The smallest absolute Gasteiger partial charge is 0.336 e. The number of nitrogens with two attached hydrogens (primary N) is 1. The van der Waals surface area contributed by atoms with Crippen molar-refractivity contribution in [1.82, 2.24) is 19.9 Å². The first-order valence-electron chi connectivity index (χ1n) is 13.0. The van der Waals surface area contributed by atoms with Crippen molar-refractivity contribution in [3.63, 3.8) is 0 Å². The van der Waals surface area contributed by atoms with E-state index in [4.69, 9.17) is 31.3 Å². The highest BCUT2D eigenvalue weighted by molar-refractivity contribution is 6.11. The van der Waals surface area contributed by atoms with Crippen LogP contribution in [0, 0.1) is 6.92 Å². The number of rotatable bonds is 13. The number of pyridine rings is 1. The molecule has 3 aromatic rings. The summed E-state index contributed by atoms with van der Waals surface area (Å²) in [7, 11) is 1.59. The lowest BCUT2D eigenvalue weighted by atomic mass is 9.96. The van der Waals surface area contributed by atoms with Crippen molar-refractivity contribution in [2.24, 2.45) is 5.73 Å². The molecule has 0 aliphatic carbocycles. The molecule has 15 nitrogen and oxygen atoms in total. The van der Waals surface area contributed by atoms with Gasteiger partial charge in [0.05, 0.1) is 30.4 Å². The largest absolute Gasteiger partial charge is 0.481 e. The van der Waals surface area contributed by atoms with Gasteiger partial charge in [0.2, 0.25) is 0 Å². The van der Waals surface area contributed by atoms with Gasteiger partial charge < -0.3 is 41.2 Å². The minimum absolute atomic E-state index is 0.0417. The van der Waals surface area contributed by atoms with Gasteiger partial charge >= 0.3 is 23.9 Å². The summed E-state index contributed by atoms with van der Waals surface area (Å²) in [6.45, 7) is 5.12. The highest BCUT2D eigenvalue weighted by atomic mass is 16.4. The lowest BCUT2D eigenvalue weighted by Gasteiger charge is -2.18. The third kappa shape index (κ3) is 10.4. The van der Waals surface area contributed by atoms with Gasteiger partial charge in [-0.1, -0.05) is 44.4 Å². The summed E-state index contributed by atoms with van der Waals surface area (Å²) >= 11 is 0. The SMILES string of the molecule is CCCCCCn1c(C)nc2c(C(N)=O)nc3ccccc3c21.CNCC(=O)O.O=C(O)CC(O)(CC(=O)O)C(=O)O. The van der Waals surface area contributed by atoms with Crippen LogP contribution in [0.3, 0.4) is 0 Å². The number of nitrogens with one attached hydrogen (secondary N) is 1. The Balaban J connectivity index is 0.000000392. The van der Waals surface area contributed by atoms with Gasteiger partial charge in [0.15, 0.2) is 11.3 Å². The molecular weight excluding hydrogens is 554 g/mol. The number of aliphatic carboxylic acids is 4.